The topological polar surface area (TPSA) is 44.8 Å². The zero-order valence-electron chi connectivity index (χ0n) is 15.5. The molecule has 0 saturated carbocycles. The van der Waals surface area contributed by atoms with Crippen molar-refractivity contribution in [2.24, 2.45) is 5.92 Å². The minimum Gasteiger partial charge on any atom is -0.491 e. The van der Waals surface area contributed by atoms with E-state index in [1.807, 2.05) is 29.2 Å². The molecule has 0 aliphatic carbocycles. The first-order chi connectivity index (χ1) is 12.7. The summed E-state index contributed by atoms with van der Waals surface area (Å²) in [5, 5.41) is 4.03. The number of nitrogens with one attached hydrogen (secondary N) is 1. The molecule has 6 heteroatoms. The Balaban J connectivity index is 1.31. The van der Waals surface area contributed by atoms with Crippen molar-refractivity contribution in [2.45, 2.75) is 25.7 Å². The van der Waals surface area contributed by atoms with E-state index in [1.165, 1.54) is 12.8 Å². The van der Waals surface area contributed by atoms with Crippen molar-refractivity contribution in [1.29, 1.82) is 0 Å². The van der Waals surface area contributed by atoms with Gasteiger partial charge in [0.25, 0.3) is 0 Å². The van der Waals surface area contributed by atoms with E-state index in [0.29, 0.717) is 24.0 Å². The summed E-state index contributed by atoms with van der Waals surface area (Å²) in [6.07, 6.45) is 4.19. The first-order valence-corrected chi connectivity index (χ1v) is 10.2. The summed E-state index contributed by atoms with van der Waals surface area (Å²) in [5.74, 6) is 1.79. The van der Waals surface area contributed by atoms with Gasteiger partial charge < -0.3 is 15.0 Å². The van der Waals surface area contributed by atoms with Crippen LogP contribution in [0.25, 0.3) is 0 Å². The van der Waals surface area contributed by atoms with Crippen molar-refractivity contribution in [3.63, 3.8) is 0 Å². The molecule has 1 aromatic rings. The fraction of sp³-hybridized carbons (Fsp3) is 0.650. The lowest BCUT2D eigenvalue weighted by Gasteiger charge is -2.35. The van der Waals surface area contributed by atoms with Crippen LogP contribution < -0.4 is 10.1 Å². The van der Waals surface area contributed by atoms with Crippen molar-refractivity contribution >= 4 is 17.5 Å². The number of nitrogens with zero attached hydrogens (tertiary/aromatic N) is 2. The molecule has 0 atom stereocenters. The Hall–Kier alpha value is -1.30. The monoisotopic (exact) mass is 379 g/mol. The van der Waals surface area contributed by atoms with Crippen molar-refractivity contribution < 1.29 is 9.53 Å². The van der Waals surface area contributed by atoms with Gasteiger partial charge in [-0.3, -0.25) is 9.69 Å². The van der Waals surface area contributed by atoms with E-state index in [-0.39, 0.29) is 0 Å². The molecule has 3 rings (SSSR count). The summed E-state index contributed by atoms with van der Waals surface area (Å²) in [7, 11) is 0. The average molecular weight is 380 g/mol. The Bertz CT molecular complexity index is 570. The van der Waals surface area contributed by atoms with Crippen molar-refractivity contribution in [3.05, 3.63) is 29.3 Å². The fourth-order valence-corrected chi connectivity index (χ4v) is 3.91. The summed E-state index contributed by atoms with van der Waals surface area (Å²) < 4.78 is 5.76. The highest BCUT2D eigenvalue weighted by Crippen LogP contribution is 2.23. The third-order valence-electron chi connectivity index (χ3n) is 5.45. The highest BCUT2D eigenvalue weighted by atomic mass is 35.5. The molecule has 26 heavy (non-hydrogen) atoms. The molecule has 1 aromatic carbocycles. The summed E-state index contributed by atoms with van der Waals surface area (Å²) in [4.78, 5) is 16.8. The number of carbonyl (C=O) groups is 1. The van der Waals surface area contributed by atoms with Crippen LogP contribution in [-0.4, -0.2) is 68.1 Å². The van der Waals surface area contributed by atoms with Gasteiger partial charge in [0.05, 0.1) is 5.02 Å². The lowest BCUT2D eigenvalue weighted by atomic mass is 9.93. The first kappa shape index (κ1) is 19.5. The highest BCUT2D eigenvalue weighted by molar-refractivity contribution is 6.32. The molecule has 5 nitrogen and oxygen atoms in total. The van der Waals surface area contributed by atoms with Crippen LogP contribution in [0.5, 0.6) is 5.75 Å². The quantitative estimate of drug-likeness (QED) is 0.791. The van der Waals surface area contributed by atoms with Gasteiger partial charge in [0.15, 0.2) is 0 Å². The largest absolute Gasteiger partial charge is 0.491 e. The van der Waals surface area contributed by atoms with E-state index in [9.17, 15) is 4.79 Å². The van der Waals surface area contributed by atoms with Crippen LogP contribution in [-0.2, 0) is 4.79 Å². The molecule has 1 N–H and O–H groups in total. The molecule has 2 saturated heterocycles. The standard InChI is InChI=1S/C20H30ClN3O2/c21-18-3-1-2-4-19(18)26-16-15-23-11-13-24(14-12-23)20(25)6-5-17-7-9-22-10-8-17/h1-4,17,22H,5-16H2. The van der Waals surface area contributed by atoms with Crippen LogP contribution in [0.1, 0.15) is 25.7 Å². The maximum absolute atomic E-state index is 12.4. The number of benzene rings is 1. The van der Waals surface area contributed by atoms with E-state index < -0.39 is 0 Å². The van der Waals surface area contributed by atoms with Gasteiger partial charge in [0.1, 0.15) is 12.4 Å². The molecule has 0 unspecified atom stereocenters. The molecule has 2 heterocycles. The van der Waals surface area contributed by atoms with E-state index in [2.05, 4.69) is 10.2 Å². The van der Waals surface area contributed by atoms with Crippen LogP contribution in [0.15, 0.2) is 24.3 Å². The molecule has 2 aliphatic heterocycles. The molecule has 2 aliphatic rings. The number of para-hydroxylation sites is 1. The summed E-state index contributed by atoms with van der Waals surface area (Å²) >= 11 is 6.10. The molecular formula is C20H30ClN3O2. The first-order valence-electron chi connectivity index (χ1n) is 9.80. The van der Waals surface area contributed by atoms with Crippen LogP contribution in [0, 0.1) is 5.92 Å². The van der Waals surface area contributed by atoms with Gasteiger partial charge in [0, 0.05) is 39.1 Å². The molecule has 144 valence electrons. The second-order valence-electron chi connectivity index (χ2n) is 7.23. The van der Waals surface area contributed by atoms with E-state index in [1.54, 1.807) is 0 Å². The number of rotatable bonds is 7. The molecule has 0 bridgehead atoms. The van der Waals surface area contributed by atoms with Gasteiger partial charge >= 0.3 is 0 Å². The van der Waals surface area contributed by atoms with Gasteiger partial charge in [0.2, 0.25) is 5.91 Å². The highest BCUT2D eigenvalue weighted by Gasteiger charge is 2.22. The third-order valence-corrected chi connectivity index (χ3v) is 5.76. The van der Waals surface area contributed by atoms with Crippen LogP contribution >= 0.6 is 11.6 Å². The third kappa shape index (κ3) is 5.86. The second kappa shape index (κ2) is 10.1. The van der Waals surface area contributed by atoms with Gasteiger partial charge in [-0.2, -0.15) is 0 Å². The number of halogens is 1. The van der Waals surface area contributed by atoms with E-state index in [4.69, 9.17) is 16.3 Å². The molecule has 0 spiro atoms. The lowest BCUT2D eigenvalue weighted by Crippen LogP contribution is -2.49. The van der Waals surface area contributed by atoms with Crippen molar-refractivity contribution in [3.8, 4) is 5.75 Å². The fourth-order valence-electron chi connectivity index (χ4n) is 3.72. The summed E-state index contributed by atoms with van der Waals surface area (Å²) in [5.41, 5.74) is 0. The SMILES string of the molecule is O=C(CCC1CCNCC1)N1CCN(CCOc2ccccc2Cl)CC1. The Morgan fingerprint density at radius 2 is 1.88 bits per heavy atom. The predicted molar refractivity (Wildman–Crippen MR) is 105 cm³/mol. The Kier molecular flexibility index (Phi) is 7.59. The minimum atomic E-state index is 0.329. The van der Waals surface area contributed by atoms with Gasteiger partial charge in [-0.1, -0.05) is 23.7 Å². The molecule has 0 aromatic heterocycles. The smallest absolute Gasteiger partial charge is 0.222 e. The van der Waals surface area contributed by atoms with Crippen molar-refractivity contribution in [1.82, 2.24) is 15.1 Å². The number of ether oxygens (including phenoxy) is 1. The molecule has 2 fully saturated rings. The Labute approximate surface area is 161 Å². The maximum atomic E-state index is 12.4. The number of piperazine rings is 1. The molecule has 0 radical (unpaired) electrons. The second-order valence-corrected chi connectivity index (χ2v) is 7.64. The Morgan fingerprint density at radius 3 is 2.62 bits per heavy atom. The Morgan fingerprint density at radius 1 is 1.15 bits per heavy atom. The van der Waals surface area contributed by atoms with E-state index in [0.717, 1.165) is 63.9 Å². The minimum absolute atomic E-state index is 0.329. The lowest BCUT2D eigenvalue weighted by molar-refractivity contribution is -0.133. The maximum Gasteiger partial charge on any atom is 0.222 e. The number of hydrogen-bond donors (Lipinski definition) is 1. The zero-order valence-corrected chi connectivity index (χ0v) is 16.2. The number of piperidine rings is 1. The van der Waals surface area contributed by atoms with Gasteiger partial charge in [-0.05, 0) is 50.4 Å². The number of hydrogen-bond acceptors (Lipinski definition) is 4. The summed E-state index contributed by atoms with van der Waals surface area (Å²) in [6, 6.07) is 7.55. The van der Waals surface area contributed by atoms with Gasteiger partial charge in [-0.15, -0.1) is 0 Å². The average Bonchev–Trinajstić information content (AvgIpc) is 2.69. The summed E-state index contributed by atoms with van der Waals surface area (Å²) in [6.45, 7) is 7.20. The van der Waals surface area contributed by atoms with Gasteiger partial charge in [-0.25, -0.2) is 0 Å². The van der Waals surface area contributed by atoms with Crippen LogP contribution in [0.3, 0.4) is 0 Å². The number of amides is 1. The normalized spacial score (nSPS) is 19.5. The molecular weight excluding hydrogens is 350 g/mol. The zero-order chi connectivity index (χ0) is 18.2. The van der Waals surface area contributed by atoms with Crippen molar-refractivity contribution in [2.75, 3.05) is 52.4 Å². The predicted octanol–water partition coefficient (Wildman–Crippen LogP) is 2.64. The van der Waals surface area contributed by atoms with Crippen LogP contribution in [0.4, 0.5) is 0 Å². The molecule has 1 amide bonds. The van der Waals surface area contributed by atoms with Crippen LogP contribution in [0.2, 0.25) is 5.02 Å². The number of carbonyl (C=O) groups excluding carboxylic acids is 1. The van der Waals surface area contributed by atoms with E-state index >= 15 is 0 Å².